The number of thiophene rings is 1. The number of hydrogen-bond acceptors (Lipinski definition) is 4. The number of carbonyl (C=O) groups excluding carboxylic acids is 1. The lowest BCUT2D eigenvalue weighted by Gasteiger charge is -2.13. The van der Waals surface area contributed by atoms with Crippen molar-refractivity contribution in [2.24, 2.45) is 0 Å². The van der Waals surface area contributed by atoms with Crippen molar-refractivity contribution in [2.75, 3.05) is 12.4 Å². The molecule has 0 unspecified atom stereocenters. The van der Waals surface area contributed by atoms with E-state index in [4.69, 9.17) is 4.74 Å². The lowest BCUT2D eigenvalue weighted by Crippen LogP contribution is -2.15. The molecule has 0 radical (unpaired) electrons. The number of anilines is 1. The molecule has 1 heterocycles. The average molecular weight is 716 g/mol. The predicted molar refractivity (Wildman–Crippen MR) is 133 cm³/mol. The van der Waals surface area contributed by atoms with Gasteiger partial charge >= 0.3 is 5.97 Å². The SMILES string of the molecule is COc1c(Br)cc(C(=O)Nc2csc(-c3cccc(I)c3)c2C(=O)O)c(Br)c1Br. The zero-order valence-corrected chi connectivity index (χ0v) is 22.3. The molecule has 1 aromatic heterocycles. The Hall–Kier alpha value is -0.950. The summed E-state index contributed by atoms with van der Waals surface area (Å²) in [4.78, 5) is 25.4. The van der Waals surface area contributed by atoms with Gasteiger partial charge in [0.05, 0.1) is 32.2 Å². The van der Waals surface area contributed by atoms with Gasteiger partial charge in [0.1, 0.15) is 11.3 Å². The van der Waals surface area contributed by atoms with Crippen molar-refractivity contribution in [2.45, 2.75) is 0 Å². The highest BCUT2D eigenvalue weighted by Crippen LogP contribution is 2.42. The Morgan fingerprint density at radius 3 is 2.52 bits per heavy atom. The van der Waals surface area contributed by atoms with Crippen LogP contribution in [0.3, 0.4) is 0 Å². The average Bonchev–Trinajstić information content (AvgIpc) is 3.09. The van der Waals surface area contributed by atoms with Crippen LogP contribution in [-0.4, -0.2) is 24.1 Å². The lowest BCUT2D eigenvalue weighted by molar-refractivity contribution is 0.0699. The van der Waals surface area contributed by atoms with E-state index in [0.717, 1.165) is 9.13 Å². The number of halogens is 4. The van der Waals surface area contributed by atoms with Gasteiger partial charge in [-0.2, -0.15) is 0 Å². The second-order valence-corrected chi connectivity index (χ2v) is 10.3. The molecule has 0 atom stereocenters. The Morgan fingerprint density at radius 1 is 1.17 bits per heavy atom. The fraction of sp³-hybridized carbons (Fsp3) is 0.0526. The largest absolute Gasteiger partial charge is 0.494 e. The predicted octanol–water partition coefficient (Wildman–Crippen LogP) is 7.27. The second-order valence-electron chi connectivity index (χ2n) is 5.69. The summed E-state index contributed by atoms with van der Waals surface area (Å²) in [5.41, 5.74) is 1.42. The van der Waals surface area contributed by atoms with Crippen LogP contribution in [0.4, 0.5) is 5.69 Å². The third kappa shape index (κ3) is 4.71. The number of hydrogen-bond donors (Lipinski definition) is 2. The van der Waals surface area contributed by atoms with Crippen LogP contribution in [0.15, 0.2) is 49.1 Å². The van der Waals surface area contributed by atoms with Crippen LogP contribution < -0.4 is 10.1 Å². The number of carboxylic acid groups (broad SMARTS) is 1. The van der Waals surface area contributed by atoms with E-state index in [1.165, 1.54) is 18.4 Å². The van der Waals surface area contributed by atoms with Crippen molar-refractivity contribution < 1.29 is 19.4 Å². The van der Waals surface area contributed by atoms with E-state index in [1.807, 2.05) is 24.3 Å². The van der Waals surface area contributed by atoms with Crippen molar-refractivity contribution in [1.82, 2.24) is 0 Å². The van der Waals surface area contributed by atoms with Crippen molar-refractivity contribution in [3.63, 3.8) is 0 Å². The molecule has 0 aliphatic rings. The molecule has 0 aliphatic heterocycles. The highest BCUT2D eigenvalue weighted by molar-refractivity contribution is 14.1. The third-order valence-electron chi connectivity index (χ3n) is 3.91. The molecular formula is C19H11Br3INO4S. The highest BCUT2D eigenvalue weighted by atomic mass is 127. The van der Waals surface area contributed by atoms with Crippen LogP contribution in [-0.2, 0) is 0 Å². The van der Waals surface area contributed by atoms with Gasteiger partial charge in [-0.15, -0.1) is 11.3 Å². The molecule has 150 valence electrons. The first kappa shape index (κ1) is 22.7. The second kappa shape index (κ2) is 9.46. The van der Waals surface area contributed by atoms with Gasteiger partial charge in [0, 0.05) is 13.4 Å². The molecule has 0 spiro atoms. The third-order valence-corrected chi connectivity index (χ3v) is 8.31. The highest BCUT2D eigenvalue weighted by Gasteiger charge is 2.24. The molecule has 0 saturated heterocycles. The number of carboxylic acids is 1. The molecule has 29 heavy (non-hydrogen) atoms. The number of rotatable bonds is 5. The van der Waals surface area contributed by atoms with Crippen LogP contribution in [0.2, 0.25) is 0 Å². The molecule has 0 fully saturated rings. The number of amides is 1. The Balaban J connectivity index is 2.01. The van der Waals surface area contributed by atoms with Crippen LogP contribution in [0.1, 0.15) is 20.7 Å². The fourth-order valence-corrected chi connectivity index (χ4v) is 6.08. The molecular weight excluding hydrogens is 705 g/mol. The zero-order valence-electron chi connectivity index (χ0n) is 14.6. The minimum atomic E-state index is -1.11. The Bertz CT molecular complexity index is 1130. The summed E-state index contributed by atoms with van der Waals surface area (Å²) in [5.74, 6) is -1.02. The molecule has 2 N–H and O–H groups in total. The van der Waals surface area contributed by atoms with Crippen molar-refractivity contribution in [3.8, 4) is 16.2 Å². The maximum absolute atomic E-state index is 12.9. The van der Waals surface area contributed by atoms with Crippen molar-refractivity contribution in [1.29, 1.82) is 0 Å². The number of carbonyl (C=O) groups is 2. The van der Waals surface area contributed by atoms with Gasteiger partial charge in [-0.3, -0.25) is 4.79 Å². The first-order valence-electron chi connectivity index (χ1n) is 7.88. The quantitative estimate of drug-likeness (QED) is 0.216. The summed E-state index contributed by atoms with van der Waals surface area (Å²) in [6, 6.07) is 9.15. The van der Waals surface area contributed by atoms with E-state index in [2.05, 4.69) is 75.7 Å². The number of aromatic carboxylic acids is 1. The zero-order chi connectivity index (χ0) is 21.3. The molecule has 10 heteroatoms. The molecule has 0 saturated carbocycles. The monoisotopic (exact) mass is 713 g/mol. The molecule has 0 bridgehead atoms. The summed E-state index contributed by atoms with van der Waals surface area (Å²) in [6.07, 6.45) is 0. The maximum Gasteiger partial charge on any atom is 0.339 e. The van der Waals surface area contributed by atoms with Gasteiger partial charge < -0.3 is 15.2 Å². The van der Waals surface area contributed by atoms with E-state index in [1.54, 1.807) is 11.4 Å². The first-order valence-corrected chi connectivity index (χ1v) is 12.2. The van der Waals surface area contributed by atoms with Crippen LogP contribution in [0.5, 0.6) is 5.75 Å². The summed E-state index contributed by atoms with van der Waals surface area (Å²) >= 11 is 13.6. The van der Waals surface area contributed by atoms with E-state index < -0.39 is 11.9 Å². The molecule has 5 nitrogen and oxygen atoms in total. The number of nitrogens with one attached hydrogen (secondary N) is 1. The van der Waals surface area contributed by atoms with E-state index in [0.29, 0.717) is 29.6 Å². The van der Waals surface area contributed by atoms with Crippen LogP contribution >= 0.6 is 81.7 Å². The smallest absolute Gasteiger partial charge is 0.339 e. The van der Waals surface area contributed by atoms with E-state index in [9.17, 15) is 14.7 Å². The van der Waals surface area contributed by atoms with Gasteiger partial charge in [-0.1, -0.05) is 12.1 Å². The van der Waals surface area contributed by atoms with Gasteiger partial charge in [0.25, 0.3) is 5.91 Å². The molecule has 1 amide bonds. The Kier molecular flexibility index (Phi) is 7.41. The van der Waals surface area contributed by atoms with E-state index >= 15 is 0 Å². The Morgan fingerprint density at radius 2 is 1.90 bits per heavy atom. The van der Waals surface area contributed by atoms with E-state index in [-0.39, 0.29) is 11.3 Å². The van der Waals surface area contributed by atoms with Crippen LogP contribution in [0.25, 0.3) is 10.4 Å². The minimum absolute atomic E-state index is 0.0631. The van der Waals surface area contributed by atoms with Gasteiger partial charge in [0.2, 0.25) is 0 Å². The number of ether oxygens (including phenoxy) is 1. The first-order chi connectivity index (χ1) is 13.7. The Labute approximate surface area is 209 Å². The summed E-state index contributed by atoms with van der Waals surface area (Å²) < 4.78 is 7.94. The summed E-state index contributed by atoms with van der Waals surface area (Å²) in [7, 11) is 1.52. The van der Waals surface area contributed by atoms with Crippen molar-refractivity contribution in [3.05, 3.63) is 63.8 Å². The summed E-state index contributed by atoms with van der Waals surface area (Å²) in [6.45, 7) is 0. The summed E-state index contributed by atoms with van der Waals surface area (Å²) in [5, 5.41) is 14.1. The topological polar surface area (TPSA) is 75.6 Å². The van der Waals surface area contributed by atoms with Gasteiger partial charge in [-0.25, -0.2) is 4.79 Å². The normalized spacial score (nSPS) is 10.7. The lowest BCUT2D eigenvalue weighted by atomic mass is 10.1. The van der Waals surface area contributed by atoms with Gasteiger partial charge in [0.15, 0.2) is 0 Å². The standard InChI is InChI=1S/C19H11Br3INO4S/c1-28-16-11(20)6-10(14(21)15(16)22)18(25)24-12-7-29-17(13(12)19(26)27)8-3-2-4-9(23)5-8/h2-7H,1H3,(H,24,25)(H,26,27). The fourth-order valence-electron chi connectivity index (χ4n) is 2.62. The number of methoxy groups -OCH3 is 1. The van der Waals surface area contributed by atoms with Crippen LogP contribution in [0, 0.1) is 3.57 Å². The van der Waals surface area contributed by atoms with Crippen molar-refractivity contribution >= 4 is 99.3 Å². The molecule has 3 aromatic rings. The number of benzene rings is 2. The molecule has 0 aliphatic carbocycles. The maximum atomic E-state index is 12.9. The molecule has 2 aromatic carbocycles. The molecule has 3 rings (SSSR count). The minimum Gasteiger partial charge on any atom is -0.494 e. The van der Waals surface area contributed by atoms with Gasteiger partial charge in [-0.05, 0) is 94.1 Å².